The first-order valence-electron chi connectivity index (χ1n) is 33.6. The van der Waals surface area contributed by atoms with Crippen LogP contribution >= 0.6 is 7.82 Å². The normalized spacial score (nSPS) is 14.0. The van der Waals surface area contributed by atoms with Crippen molar-refractivity contribution in [2.75, 3.05) is 40.9 Å². The number of carbonyl (C=O) groups excluding carboxylic acids is 2. The number of nitrogens with one attached hydrogen (secondary N) is 1. The van der Waals surface area contributed by atoms with E-state index >= 15 is 0 Å². The number of esters is 1. The lowest BCUT2D eigenvalue weighted by Gasteiger charge is -2.30. The lowest BCUT2D eigenvalue weighted by Crippen LogP contribution is -2.47. The molecule has 79 heavy (non-hydrogen) atoms. The van der Waals surface area contributed by atoms with Gasteiger partial charge in [0.2, 0.25) is 5.91 Å². The molecule has 1 amide bonds. The van der Waals surface area contributed by atoms with E-state index in [1.54, 1.807) is 0 Å². The van der Waals surface area contributed by atoms with Crippen LogP contribution in [-0.4, -0.2) is 69.4 Å². The van der Waals surface area contributed by atoms with Gasteiger partial charge < -0.3 is 28.5 Å². The Kier molecular flexibility index (Phi) is 57.2. The molecule has 0 saturated heterocycles. The average Bonchev–Trinajstić information content (AvgIpc) is 3.41. The summed E-state index contributed by atoms with van der Waals surface area (Å²) in [4.78, 5) is 40.1. The van der Waals surface area contributed by atoms with Gasteiger partial charge in [-0.05, 0) is 96.0 Å². The number of hydrogen-bond donors (Lipinski definition) is 1. The standard InChI is InChI=1S/C69H129N2O7P/c1-7-10-13-16-19-22-25-28-30-32-33-34-35-36-37-39-41-44-47-50-53-56-59-62-69(73)78-67(60-57-54-51-48-45-42-27-24-21-18-15-12-9-3)66(65-77-79(74,75)76-64-63-71(4,5)6)70-68(72)61-58-55-52-49-46-43-40-38-31-29-26-23-20-17-14-11-8-2/h19,22,28-31,33-34,57,60,66-67H,7-18,20-21,23-27,32,35-56,58-59,61-65H2,1-6H3,(H-,70,72,74,75)/b22-19-,30-28-,31-29+,34-33-,60-57-. The number of amides is 1. The summed E-state index contributed by atoms with van der Waals surface area (Å²) in [6, 6.07) is -0.893. The number of likely N-dealkylation sites (N-methyl/N-ethyl adjacent to an activating group) is 1. The minimum absolute atomic E-state index is 0.0241. The molecule has 0 aliphatic rings. The Morgan fingerprint density at radius 2 is 0.772 bits per heavy atom. The van der Waals surface area contributed by atoms with E-state index in [1.807, 2.05) is 33.3 Å². The van der Waals surface area contributed by atoms with E-state index in [0.717, 1.165) is 83.5 Å². The van der Waals surface area contributed by atoms with Crippen LogP contribution < -0.4 is 10.2 Å². The number of unbranched alkanes of at least 4 members (excludes halogenated alkanes) is 37. The van der Waals surface area contributed by atoms with Gasteiger partial charge in [-0.15, -0.1) is 0 Å². The minimum atomic E-state index is -4.70. The summed E-state index contributed by atoms with van der Waals surface area (Å²) in [7, 11) is 1.18. The number of rotatable bonds is 61. The second kappa shape index (κ2) is 58.9. The van der Waals surface area contributed by atoms with Crippen LogP contribution in [0.5, 0.6) is 0 Å². The van der Waals surface area contributed by atoms with Gasteiger partial charge in [0.15, 0.2) is 0 Å². The number of allylic oxidation sites excluding steroid dienone is 9. The van der Waals surface area contributed by atoms with Crippen molar-refractivity contribution in [2.45, 2.75) is 328 Å². The minimum Gasteiger partial charge on any atom is -0.756 e. The first kappa shape index (κ1) is 76.7. The van der Waals surface area contributed by atoms with Crippen molar-refractivity contribution in [1.29, 1.82) is 0 Å². The molecule has 0 aliphatic carbocycles. The molecule has 10 heteroatoms. The second-order valence-electron chi connectivity index (χ2n) is 24.0. The number of nitrogens with zero attached hydrogens (tertiary/aromatic N) is 1. The summed E-state index contributed by atoms with van der Waals surface area (Å²) in [6.45, 7) is 6.84. The van der Waals surface area contributed by atoms with Crippen LogP contribution in [0, 0.1) is 0 Å². The van der Waals surface area contributed by atoms with Gasteiger partial charge >= 0.3 is 5.97 Å². The van der Waals surface area contributed by atoms with Gasteiger partial charge in [-0.3, -0.25) is 14.2 Å². The van der Waals surface area contributed by atoms with Crippen LogP contribution in [0.25, 0.3) is 0 Å². The zero-order valence-electron chi connectivity index (χ0n) is 52.8. The van der Waals surface area contributed by atoms with Gasteiger partial charge in [-0.2, -0.15) is 0 Å². The van der Waals surface area contributed by atoms with Crippen molar-refractivity contribution >= 4 is 19.7 Å². The van der Waals surface area contributed by atoms with Gasteiger partial charge in [-0.25, -0.2) is 0 Å². The Morgan fingerprint density at radius 1 is 0.443 bits per heavy atom. The van der Waals surface area contributed by atoms with E-state index < -0.39 is 26.6 Å². The van der Waals surface area contributed by atoms with E-state index in [2.05, 4.69) is 74.7 Å². The van der Waals surface area contributed by atoms with E-state index in [4.69, 9.17) is 13.8 Å². The van der Waals surface area contributed by atoms with Crippen LogP contribution in [0.15, 0.2) is 60.8 Å². The first-order valence-corrected chi connectivity index (χ1v) is 35.1. The van der Waals surface area contributed by atoms with Gasteiger partial charge in [0, 0.05) is 12.8 Å². The van der Waals surface area contributed by atoms with Crippen molar-refractivity contribution in [3.8, 4) is 0 Å². The molecule has 0 bridgehead atoms. The predicted molar refractivity (Wildman–Crippen MR) is 339 cm³/mol. The molecule has 3 unspecified atom stereocenters. The number of carbonyl (C=O) groups is 2. The molecule has 0 heterocycles. The number of quaternary nitrogens is 1. The number of phosphoric acid groups is 1. The van der Waals surface area contributed by atoms with Crippen molar-refractivity contribution in [2.24, 2.45) is 0 Å². The monoisotopic (exact) mass is 1130 g/mol. The Bertz CT molecular complexity index is 1540. The zero-order chi connectivity index (χ0) is 57.9. The fourth-order valence-corrected chi connectivity index (χ4v) is 10.4. The molecule has 0 aromatic rings. The maximum Gasteiger partial charge on any atom is 0.306 e. The molecular formula is C69H129N2O7P. The molecule has 3 atom stereocenters. The molecule has 0 rings (SSSR count). The second-order valence-corrected chi connectivity index (χ2v) is 25.4. The van der Waals surface area contributed by atoms with Gasteiger partial charge in [-0.1, -0.05) is 268 Å². The van der Waals surface area contributed by atoms with Crippen molar-refractivity contribution < 1.29 is 37.3 Å². The third-order valence-electron chi connectivity index (χ3n) is 14.9. The van der Waals surface area contributed by atoms with E-state index in [0.29, 0.717) is 17.4 Å². The Morgan fingerprint density at radius 3 is 1.19 bits per heavy atom. The van der Waals surface area contributed by atoms with Crippen LogP contribution in [0.1, 0.15) is 316 Å². The third kappa shape index (κ3) is 60.1. The Hall–Kier alpha value is -2.29. The smallest absolute Gasteiger partial charge is 0.306 e. The van der Waals surface area contributed by atoms with Crippen molar-refractivity contribution in [1.82, 2.24) is 5.32 Å². The highest BCUT2D eigenvalue weighted by molar-refractivity contribution is 7.45. The molecule has 9 nitrogen and oxygen atoms in total. The number of hydrogen-bond acceptors (Lipinski definition) is 7. The maximum atomic E-state index is 13.6. The molecule has 0 fully saturated rings. The highest BCUT2D eigenvalue weighted by atomic mass is 31.2. The van der Waals surface area contributed by atoms with Crippen LogP contribution in [0.2, 0.25) is 0 Å². The molecule has 462 valence electrons. The molecule has 0 spiro atoms. The summed E-state index contributed by atoms with van der Waals surface area (Å²) in [5.41, 5.74) is 0. The third-order valence-corrected chi connectivity index (χ3v) is 15.9. The lowest BCUT2D eigenvalue weighted by molar-refractivity contribution is -0.870. The number of ether oxygens (including phenoxy) is 1. The van der Waals surface area contributed by atoms with Crippen molar-refractivity contribution in [3.63, 3.8) is 0 Å². The molecule has 0 saturated carbocycles. The summed E-state index contributed by atoms with van der Waals surface area (Å²) >= 11 is 0. The van der Waals surface area contributed by atoms with E-state index in [-0.39, 0.29) is 24.9 Å². The van der Waals surface area contributed by atoms with Crippen LogP contribution in [0.3, 0.4) is 0 Å². The Labute approximate surface area is 490 Å². The molecular weight excluding hydrogens is 1000 g/mol. The zero-order valence-corrected chi connectivity index (χ0v) is 53.7. The highest BCUT2D eigenvalue weighted by Crippen LogP contribution is 2.38. The Balaban J connectivity index is 5.18. The highest BCUT2D eigenvalue weighted by Gasteiger charge is 2.27. The predicted octanol–water partition coefficient (Wildman–Crippen LogP) is 20.4. The summed E-state index contributed by atoms with van der Waals surface area (Å²) in [6.07, 6.45) is 74.7. The van der Waals surface area contributed by atoms with Gasteiger partial charge in [0.25, 0.3) is 7.82 Å². The first-order chi connectivity index (χ1) is 38.4. The largest absolute Gasteiger partial charge is 0.756 e. The molecule has 0 aromatic carbocycles. The van der Waals surface area contributed by atoms with Crippen molar-refractivity contribution in [3.05, 3.63) is 60.8 Å². The topological polar surface area (TPSA) is 114 Å². The lowest BCUT2D eigenvalue weighted by atomic mass is 10.0. The maximum absolute atomic E-state index is 13.6. The molecule has 0 aromatic heterocycles. The summed E-state index contributed by atoms with van der Waals surface area (Å²) in [5, 5.41) is 3.04. The molecule has 0 aliphatic heterocycles. The van der Waals surface area contributed by atoms with Crippen LogP contribution in [0.4, 0.5) is 0 Å². The SMILES string of the molecule is CCCCC/C=C\C/C=C\C/C=C\CCCCCCCCCCCCC(=O)OC(/C=C\CCCCCCCCCCCCC)C(COP(=O)([O-])OCC[N+](C)(C)C)NC(=O)CCCCCCCCC/C=C/CCCCCCCC. The number of phosphoric ester groups is 1. The average molecular weight is 1130 g/mol. The molecule has 1 N–H and O–H groups in total. The quantitative estimate of drug-likeness (QED) is 0.0212. The summed E-state index contributed by atoms with van der Waals surface area (Å²) < 4.78 is 30.4. The van der Waals surface area contributed by atoms with Crippen LogP contribution in [-0.2, 0) is 27.9 Å². The fourth-order valence-electron chi connectivity index (χ4n) is 9.70. The van der Waals surface area contributed by atoms with Gasteiger partial charge in [0.05, 0.1) is 33.8 Å². The summed E-state index contributed by atoms with van der Waals surface area (Å²) in [5.74, 6) is -0.541. The molecule has 0 radical (unpaired) electrons. The van der Waals surface area contributed by atoms with Gasteiger partial charge in [0.1, 0.15) is 19.3 Å². The van der Waals surface area contributed by atoms with E-state index in [9.17, 15) is 19.0 Å². The fraction of sp³-hybridized carbons (Fsp3) is 0.826. The van der Waals surface area contributed by atoms with E-state index in [1.165, 1.54) is 199 Å².